The Hall–Kier alpha value is -1.64. The molecule has 2 aliphatic rings. The van der Waals surface area contributed by atoms with Gasteiger partial charge in [-0.15, -0.1) is 0 Å². The van der Waals surface area contributed by atoms with Crippen molar-refractivity contribution >= 4 is 33.4 Å². The molecular weight excluding hydrogens is 414 g/mol. The van der Waals surface area contributed by atoms with E-state index in [1.54, 1.807) is 0 Å². The lowest BCUT2D eigenvalue weighted by Crippen LogP contribution is -2.45. The van der Waals surface area contributed by atoms with Crippen LogP contribution in [0.15, 0.2) is 23.1 Å². The highest BCUT2D eigenvalue weighted by Crippen LogP contribution is 2.28. The fourth-order valence-corrected chi connectivity index (χ4v) is 5.94. The Labute approximate surface area is 177 Å². The van der Waals surface area contributed by atoms with Gasteiger partial charge in [0.25, 0.3) is 5.91 Å². The molecule has 9 heteroatoms. The van der Waals surface area contributed by atoms with Gasteiger partial charge in [0.2, 0.25) is 15.9 Å². The standard InChI is InChI=1S/C20H28ClN3O4S/c21-17-11-10-16(20(26)23-22-19(25)15-8-4-3-5-9-15)14-18(17)29(27,28)24-12-6-1-2-7-13-24/h10-11,14-15H,1-9,12-13H2,(H,22,25)(H,23,26). The molecule has 0 spiro atoms. The second kappa shape index (κ2) is 9.91. The Bertz CT molecular complexity index is 845. The first-order chi connectivity index (χ1) is 13.9. The summed E-state index contributed by atoms with van der Waals surface area (Å²) >= 11 is 6.17. The Morgan fingerprint density at radius 2 is 1.55 bits per heavy atom. The number of amides is 2. The number of hydrazine groups is 1. The number of nitrogens with one attached hydrogen (secondary N) is 2. The topological polar surface area (TPSA) is 95.6 Å². The van der Waals surface area contributed by atoms with Crippen molar-refractivity contribution in [2.45, 2.75) is 62.7 Å². The van der Waals surface area contributed by atoms with E-state index in [2.05, 4.69) is 10.9 Å². The third-order valence-electron chi connectivity index (χ3n) is 5.65. The molecule has 2 N–H and O–H groups in total. The van der Waals surface area contributed by atoms with Crippen LogP contribution in [0.3, 0.4) is 0 Å². The van der Waals surface area contributed by atoms with E-state index in [1.165, 1.54) is 22.5 Å². The molecule has 0 atom stereocenters. The summed E-state index contributed by atoms with van der Waals surface area (Å²) in [7, 11) is -3.79. The largest absolute Gasteiger partial charge is 0.273 e. The van der Waals surface area contributed by atoms with Crippen LogP contribution in [0.25, 0.3) is 0 Å². The predicted molar refractivity (Wildman–Crippen MR) is 111 cm³/mol. The van der Waals surface area contributed by atoms with E-state index >= 15 is 0 Å². The van der Waals surface area contributed by atoms with Crippen LogP contribution < -0.4 is 10.9 Å². The number of benzene rings is 1. The number of carbonyl (C=O) groups is 2. The summed E-state index contributed by atoms with van der Waals surface area (Å²) in [6.07, 6.45) is 8.43. The number of hydrogen-bond donors (Lipinski definition) is 2. The van der Waals surface area contributed by atoms with Gasteiger partial charge in [-0.25, -0.2) is 8.42 Å². The van der Waals surface area contributed by atoms with Crippen LogP contribution in [0, 0.1) is 5.92 Å². The fourth-order valence-electron chi connectivity index (χ4n) is 3.92. The van der Waals surface area contributed by atoms with Crippen molar-refractivity contribution in [1.82, 2.24) is 15.2 Å². The van der Waals surface area contributed by atoms with Gasteiger partial charge in [-0.2, -0.15) is 4.31 Å². The quantitative estimate of drug-likeness (QED) is 0.701. The number of halogens is 1. The Morgan fingerprint density at radius 1 is 0.931 bits per heavy atom. The highest BCUT2D eigenvalue weighted by Gasteiger charge is 2.28. The number of rotatable bonds is 4. The van der Waals surface area contributed by atoms with E-state index in [-0.39, 0.29) is 27.3 Å². The number of sulfonamides is 1. The van der Waals surface area contributed by atoms with Crippen LogP contribution in [-0.2, 0) is 14.8 Å². The zero-order valence-electron chi connectivity index (χ0n) is 16.5. The maximum Gasteiger partial charge on any atom is 0.269 e. The van der Waals surface area contributed by atoms with Gasteiger partial charge in [0.15, 0.2) is 0 Å². The van der Waals surface area contributed by atoms with Crippen LogP contribution in [0.5, 0.6) is 0 Å². The minimum absolute atomic E-state index is 0.0766. The molecule has 1 heterocycles. The van der Waals surface area contributed by atoms with Crippen molar-refractivity contribution in [1.29, 1.82) is 0 Å². The molecule has 7 nitrogen and oxygen atoms in total. The molecule has 160 valence electrons. The van der Waals surface area contributed by atoms with E-state index in [4.69, 9.17) is 11.6 Å². The first-order valence-electron chi connectivity index (χ1n) is 10.3. The van der Waals surface area contributed by atoms with Crippen molar-refractivity contribution in [3.05, 3.63) is 28.8 Å². The Morgan fingerprint density at radius 3 is 2.21 bits per heavy atom. The smallest absolute Gasteiger partial charge is 0.269 e. The molecule has 0 radical (unpaired) electrons. The summed E-state index contributed by atoms with van der Waals surface area (Å²) in [5.74, 6) is -0.865. The van der Waals surface area contributed by atoms with Gasteiger partial charge in [-0.3, -0.25) is 20.4 Å². The van der Waals surface area contributed by atoms with Crippen LogP contribution in [-0.4, -0.2) is 37.6 Å². The molecule has 2 fully saturated rings. The van der Waals surface area contributed by atoms with E-state index in [1.807, 2.05) is 0 Å². The minimum Gasteiger partial charge on any atom is -0.273 e. The third kappa shape index (κ3) is 5.49. The number of nitrogens with zero attached hydrogens (tertiary/aromatic N) is 1. The molecule has 0 aromatic heterocycles. The zero-order valence-corrected chi connectivity index (χ0v) is 18.0. The van der Waals surface area contributed by atoms with Crippen molar-refractivity contribution < 1.29 is 18.0 Å². The summed E-state index contributed by atoms with van der Waals surface area (Å²) in [5, 5.41) is 0.0806. The van der Waals surface area contributed by atoms with Gasteiger partial charge < -0.3 is 0 Å². The van der Waals surface area contributed by atoms with Crippen molar-refractivity contribution in [3.8, 4) is 0 Å². The molecule has 1 aliphatic heterocycles. The summed E-state index contributed by atoms with van der Waals surface area (Å²) in [4.78, 5) is 24.6. The maximum absolute atomic E-state index is 13.0. The first-order valence-corrected chi connectivity index (χ1v) is 12.1. The van der Waals surface area contributed by atoms with E-state index in [0.717, 1.165) is 57.8 Å². The van der Waals surface area contributed by atoms with E-state index in [9.17, 15) is 18.0 Å². The van der Waals surface area contributed by atoms with Crippen LogP contribution in [0.4, 0.5) is 0 Å². The average Bonchev–Trinajstić information content (AvgIpc) is 3.03. The minimum atomic E-state index is -3.79. The molecule has 1 aliphatic carbocycles. The summed E-state index contributed by atoms with van der Waals surface area (Å²) < 4.78 is 27.5. The molecule has 29 heavy (non-hydrogen) atoms. The summed E-state index contributed by atoms with van der Waals surface area (Å²) in [6, 6.07) is 4.14. The van der Waals surface area contributed by atoms with Gasteiger partial charge in [0, 0.05) is 24.6 Å². The van der Waals surface area contributed by atoms with Crippen LogP contribution >= 0.6 is 11.6 Å². The van der Waals surface area contributed by atoms with E-state index in [0.29, 0.717) is 13.1 Å². The second-order valence-electron chi connectivity index (χ2n) is 7.74. The van der Waals surface area contributed by atoms with Crippen LogP contribution in [0.1, 0.15) is 68.1 Å². The maximum atomic E-state index is 13.0. The highest BCUT2D eigenvalue weighted by atomic mass is 35.5. The molecule has 1 aromatic rings. The van der Waals surface area contributed by atoms with Gasteiger partial charge in [0.05, 0.1) is 5.02 Å². The summed E-state index contributed by atoms with van der Waals surface area (Å²) in [6.45, 7) is 0.902. The molecular formula is C20H28ClN3O4S. The van der Waals surface area contributed by atoms with Crippen molar-refractivity contribution in [2.24, 2.45) is 5.92 Å². The molecule has 1 aromatic carbocycles. The van der Waals surface area contributed by atoms with E-state index < -0.39 is 15.9 Å². The SMILES string of the molecule is O=C(NNC(=O)C1CCCCC1)c1ccc(Cl)c(S(=O)(=O)N2CCCCCC2)c1. The van der Waals surface area contributed by atoms with Gasteiger partial charge in [-0.1, -0.05) is 43.7 Å². The lowest BCUT2D eigenvalue weighted by atomic mass is 9.89. The first kappa shape index (κ1) is 22.1. The van der Waals surface area contributed by atoms with Crippen molar-refractivity contribution in [2.75, 3.05) is 13.1 Å². The third-order valence-corrected chi connectivity index (χ3v) is 8.03. The highest BCUT2D eigenvalue weighted by molar-refractivity contribution is 7.89. The average molecular weight is 442 g/mol. The molecule has 2 amide bonds. The lowest BCUT2D eigenvalue weighted by Gasteiger charge is -2.21. The molecule has 0 unspecified atom stereocenters. The molecule has 1 saturated heterocycles. The number of hydrogen-bond acceptors (Lipinski definition) is 4. The normalized spacial score (nSPS) is 19.3. The Kier molecular flexibility index (Phi) is 7.54. The molecule has 0 bridgehead atoms. The van der Waals surface area contributed by atoms with Gasteiger partial charge in [-0.05, 0) is 43.9 Å². The van der Waals surface area contributed by atoms with Crippen LogP contribution in [0.2, 0.25) is 5.02 Å². The number of carbonyl (C=O) groups excluding carboxylic acids is 2. The molecule has 1 saturated carbocycles. The lowest BCUT2D eigenvalue weighted by molar-refractivity contribution is -0.126. The second-order valence-corrected chi connectivity index (χ2v) is 10.1. The molecule has 3 rings (SSSR count). The fraction of sp³-hybridized carbons (Fsp3) is 0.600. The van der Waals surface area contributed by atoms with Crippen molar-refractivity contribution in [3.63, 3.8) is 0 Å². The summed E-state index contributed by atoms with van der Waals surface area (Å²) in [5.41, 5.74) is 4.99. The van der Waals surface area contributed by atoms with Gasteiger partial charge >= 0.3 is 0 Å². The predicted octanol–water partition coefficient (Wildman–Crippen LogP) is 3.25. The monoisotopic (exact) mass is 441 g/mol. The van der Waals surface area contributed by atoms with Gasteiger partial charge in [0.1, 0.15) is 4.90 Å². The Balaban J connectivity index is 1.70. The zero-order chi connectivity index (χ0) is 20.9.